The molecule has 0 aliphatic carbocycles. The molecule has 1 fully saturated rings. The summed E-state index contributed by atoms with van der Waals surface area (Å²) in [6, 6.07) is 2.59. The summed E-state index contributed by atoms with van der Waals surface area (Å²) in [5.41, 5.74) is 8.80. The van der Waals surface area contributed by atoms with Crippen molar-refractivity contribution in [1.82, 2.24) is 15.1 Å². The van der Waals surface area contributed by atoms with E-state index in [4.69, 9.17) is 15.6 Å². The van der Waals surface area contributed by atoms with Crippen molar-refractivity contribution in [2.24, 2.45) is 5.73 Å². The Morgan fingerprint density at radius 3 is 2.95 bits per heavy atom. The van der Waals surface area contributed by atoms with E-state index in [1.807, 2.05) is 0 Å². The highest BCUT2D eigenvalue weighted by Gasteiger charge is 2.29. The van der Waals surface area contributed by atoms with Gasteiger partial charge in [0.25, 0.3) is 0 Å². The standard InChI is InChI=1S/C15H26N4O/c1-2-11-9-12-3-4-14(16)15(19(12)18-11)10-20-13-5-7-17-8-6-13/h9,13-15,17H,2-8,10,16H2,1H3. The largest absolute Gasteiger partial charge is 0.376 e. The molecule has 20 heavy (non-hydrogen) atoms. The van der Waals surface area contributed by atoms with Crippen molar-refractivity contribution < 1.29 is 4.74 Å². The van der Waals surface area contributed by atoms with E-state index in [0.29, 0.717) is 12.7 Å². The molecule has 3 rings (SSSR count). The Labute approximate surface area is 120 Å². The van der Waals surface area contributed by atoms with Crippen LogP contribution in [0.15, 0.2) is 6.07 Å². The summed E-state index contributed by atoms with van der Waals surface area (Å²) in [4.78, 5) is 0. The minimum atomic E-state index is 0.161. The van der Waals surface area contributed by atoms with Gasteiger partial charge in [-0.3, -0.25) is 4.68 Å². The fourth-order valence-electron chi connectivity index (χ4n) is 3.22. The molecule has 1 saturated heterocycles. The van der Waals surface area contributed by atoms with Crippen molar-refractivity contribution in [3.8, 4) is 0 Å². The number of piperidine rings is 1. The highest BCUT2D eigenvalue weighted by Crippen LogP contribution is 2.25. The lowest BCUT2D eigenvalue weighted by molar-refractivity contribution is 0.00426. The molecule has 5 nitrogen and oxygen atoms in total. The van der Waals surface area contributed by atoms with Crippen LogP contribution in [-0.2, 0) is 17.6 Å². The van der Waals surface area contributed by atoms with E-state index in [-0.39, 0.29) is 12.1 Å². The molecule has 5 heteroatoms. The SMILES string of the molecule is CCc1cc2n(n1)C(COC1CCNCC1)C(N)CC2. The number of ether oxygens (including phenoxy) is 1. The van der Waals surface area contributed by atoms with Crippen LogP contribution in [0.3, 0.4) is 0 Å². The number of nitrogens with one attached hydrogen (secondary N) is 1. The summed E-state index contributed by atoms with van der Waals surface area (Å²) in [5, 5.41) is 8.07. The van der Waals surface area contributed by atoms with Gasteiger partial charge in [0.15, 0.2) is 0 Å². The summed E-state index contributed by atoms with van der Waals surface area (Å²) in [6.07, 6.45) is 5.65. The van der Waals surface area contributed by atoms with Crippen molar-refractivity contribution in [2.75, 3.05) is 19.7 Å². The van der Waals surface area contributed by atoms with Gasteiger partial charge in [0.05, 0.1) is 24.4 Å². The number of aryl methyl sites for hydroxylation is 2. The van der Waals surface area contributed by atoms with E-state index in [1.54, 1.807) is 0 Å². The highest BCUT2D eigenvalue weighted by molar-refractivity contribution is 5.14. The first-order valence-electron chi connectivity index (χ1n) is 7.93. The lowest BCUT2D eigenvalue weighted by Crippen LogP contribution is -2.42. The minimum absolute atomic E-state index is 0.161. The fourth-order valence-corrected chi connectivity index (χ4v) is 3.22. The Bertz CT molecular complexity index is 439. The maximum atomic E-state index is 6.31. The van der Waals surface area contributed by atoms with Gasteiger partial charge < -0.3 is 15.8 Å². The Kier molecular flexibility index (Phi) is 4.38. The van der Waals surface area contributed by atoms with Crippen molar-refractivity contribution in [3.63, 3.8) is 0 Å². The first-order chi connectivity index (χ1) is 9.78. The zero-order valence-electron chi connectivity index (χ0n) is 12.3. The Balaban J connectivity index is 1.66. The van der Waals surface area contributed by atoms with Crippen LogP contribution in [0, 0.1) is 0 Å². The predicted molar refractivity (Wildman–Crippen MR) is 78.8 cm³/mol. The van der Waals surface area contributed by atoms with Crippen LogP contribution in [0.1, 0.15) is 43.6 Å². The number of nitrogens with zero attached hydrogens (tertiary/aromatic N) is 2. The van der Waals surface area contributed by atoms with Gasteiger partial charge >= 0.3 is 0 Å². The second-order valence-corrected chi connectivity index (χ2v) is 5.98. The third kappa shape index (κ3) is 2.90. The molecular weight excluding hydrogens is 252 g/mol. The van der Waals surface area contributed by atoms with Gasteiger partial charge in [-0.1, -0.05) is 6.92 Å². The van der Waals surface area contributed by atoms with E-state index >= 15 is 0 Å². The van der Waals surface area contributed by atoms with Gasteiger partial charge in [0.1, 0.15) is 0 Å². The topological polar surface area (TPSA) is 65.1 Å². The van der Waals surface area contributed by atoms with E-state index in [0.717, 1.165) is 45.2 Å². The third-order valence-corrected chi connectivity index (χ3v) is 4.56. The molecule has 2 atom stereocenters. The average molecular weight is 278 g/mol. The molecule has 0 saturated carbocycles. The predicted octanol–water partition coefficient (Wildman–Crippen LogP) is 1.03. The second-order valence-electron chi connectivity index (χ2n) is 5.98. The Morgan fingerprint density at radius 1 is 1.40 bits per heavy atom. The normalized spacial score (nSPS) is 27.5. The molecule has 0 aromatic carbocycles. The molecule has 2 unspecified atom stereocenters. The molecule has 3 heterocycles. The molecule has 1 aromatic rings. The van der Waals surface area contributed by atoms with Crippen LogP contribution in [0.25, 0.3) is 0 Å². The summed E-state index contributed by atoms with van der Waals surface area (Å²) in [7, 11) is 0. The zero-order valence-corrected chi connectivity index (χ0v) is 12.3. The second kappa shape index (κ2) is 6.24. The molecule has 1 aromatic heterocycles. The van der Waals surface area contributed by atoms with Gasteiger partial charge in [-0.25, -0.2) is 0 Å². The molecule has 0 amide bonds. The summed E-state index contributed by atoms with van der Waals surface area (Å²) >= 11 is 0. The minimum Gasteiger partial charge on any atom is -0.376 e. The summed E-state index contributed by atoms with van der Waals surface area (Å²) in [5.74, 6) is 0. The molecular formula is C15H26N4O. The van der Waals surface area contributed by atoms with Crippen LogP contribution in [-0.4, -0.2) is 41.6 Å². The van der Waals surface area contributed by atoms with Crippen LogP contribution in [0.2, 0.25) is 0 Å². The molecule has 0 radical (unpaired) electrons. The Morgan fingerprint density at radius 2 is 2.20 bits per heavy atom. The number of fused-ring (bicyclic) bond motifs is 1. The van der Waals surface area contributed by atoms with Gasteiger partial charge in [0, 0.05) is 11.7 Å². The van der Waals surface area contributed by atoms with Crippen molar-refractivity contribution >= 4 is 0 Å². The molecule has 0 spiro atoms. The molecule has 2 aliphatic rings. The maximum Gasteiger partial charge on any atom is 0.0906 e. The third-order valence-electron chi connectivity index (χ3n) is 4.56. The van der Waals surface area contributed by atoms with Crippen LogP contribution in [0.4, 0.5) is 0 Å². The van der Waals surface area contributed by atoms with E-state index in [2.05, 4.69) is 23.0 Å². The number of rotatable bonds is 4. The first kappa shape index (κ1) is 14.0. The monoisotopic (exact) mass is 278 g/mol. The summed E-state index contributed by atoms with van der Waals surface area (Å²) < 4.78 is 8.24. The van der Waals surface area contributed by atoms with Gasteiger partial charge in [-0.05, 0) is 51.3 Å². The van der Waals surface area contributed by atoms with Gasteiger partial charge in [-0.15, -0.1) is 0 Å². The molecule has 3 N–H and O–H groups in total. The average Bonchev–Trinajstić information content (AvgIpc) is 2.91. The van der Waals surface area contributed by atoms with Crippen LogP contribution in [0.5, 0.6) is 0 Å². The number of nitrogens with two attached hydrogens (primary N) is 1. The number of aromatic nitrogens is 2. The van der Waals surface area contributed by atoms with Crippen LogP contribution >= 0.6 is 0 Å². The van der Waals surface area contributed by atoms with Crippen LogP contribution < -0.4 is 11.1 Å². The van der Waals surface area contributed by atoms with Crippen molar-refractivity contribution in [3.05, 3.63) is 17.5 Å². The number of hydrogen-bond donors (Lipinski definition) is 2. The number of hydrogen-bond acceptors (Lipinski definition) is 4. The van der Waals surface area contributed by atoms with Gasteiger partial charge in [0.2, 0.25) is 0 Å². The first-order valence-corrected chi connectivity index (χ1v) is 7.93. The van der Waals surface area contributed by atoms with E-state index < -0.39 is 0 Å². The quantitative estimate of drug-likeness (QED) is 0.863. The summed E-state index contributed by atoms with van der Waals surface area (Å²) in [6.45, 7) is 4.97. The lowest BCUT2D eigenvalue weighted by atomic mass is 9.98. The molecule has 0 bridgehead atoms. The Hall–Kier alpha value is -0.910. The van der Waals surface area contributed by atoms with Crippen molar-refractivity contribution in [2.45, 2.75) is 57.2 Å². The lowest BCUT2D eigenvalue weighted by Gasteiger charge is -2.32. The zero-order chi connectivity index (χ0) is 13.9. The van der Waals surface area contributed by atoms with E-state index in [9.17, 15) is 0 Å². The van der Waals surface area contributed by atoms with Gasteiger partial charge in [-0.2, -0.15) is 5.10 Å². The molecule has 112 valence electrons. The highest BCUT2D eigenvalue weighted by atomic mass is 16.5. The maximum absolute atomic E-state index is 6.31. The molecule has 2 aliphatic heterocycles. The smallest absolute Gasteiger partial charge is 0.0906 e. The van der Waals surface area contributed by atoms with E-state index in [1.165, 1.54) is 11.4 Å². The van der Waals surface area contributed by atoms with Crippen molar-refractivity contribution in [1.29, 1.82) is 0 Å². The fraction of sp³-hybridized carbons (Fsp3) is 0.800.